The second-order valence-corrected chi connectivity index (χ2v) is 8.26. The molecule has 4 rings (SSSR count). The van der Waals surface area contributed by atoms with E-state index in [1.54, 1.807) is 55.5 Å². The number of imide groups is 1. The molecule has 10 heteroatoms. The number of ether oxygens (including phenoxy) is 1. The van der Waals surface area contributed by atoms with Crippen molar-refractivity contribution < 1.29 is 19.1 Å². The van der Waals surface area contributed by atoms with Crippen LogP contribution in [-0.2, 0) is 11.2 Å². The Labute approximate surface area is 186 Å². The lowest BCUT2D eigenvalue weighted by atomic mass is 10.1. The van der Waals surface area contributed by atoms with Crippen molar-refractivity contribution in [3.63, 3.8) is 0 Å². The SMILES string of the molecule is CC(Oc1ccc(Cl)cc1)C(=O)Nc1nnc(CCN2C(=O)c3ccccc3C2=O)s1. The molecular weight excluding hydrogens is 440 g/mol. The fourth-order valence-electron chi connectivity index (χ4n) is 3.03. The number of carbonyl (C=O) groups excluding carboxylic acids is 3. The van der Waals surface area contributed by atoms with Crippen LogP contribution < -0.4 is 10.1 Å². The minimum atomic E-state index is -0.758. The Morgan fingerprint density at radius 3 is 2.39 bits per heavy atom. The Hall–Kier alpha value is -3.30. The van der Waals surface area contributed by atoms with Crippen molar-refractivity contribution in [2.75, 3.05) is 11.9 Å². The number of benzene rings is 2. The third-order valence-corrected chi connectivity index (χ3v) is 5.77. The molecule has 0 radical (unpaired) electrons. The van der Waals surface area contributed by atoms with Crippen LogP contribution in [-0.4, -0.2) is 45.5 Å². The van der Waals surface area contributed by atoms with Crippen molar-refractivity contribution in [1.29, 1.82) is 0 Å². The van der Waals surface area contributed by atoms with Gasteiger partial charge in [0.1, 0.15) is 10.8 Å². The van der Waals surface area contributed by atoms with Gasteiger partial charge in [0.25, 0.3) is 17.7 Å². The van der Waals surface area contributed by atoms with Crippen LogP contribution in [0.1, 0.15) is 32.6 Å². The quantitative estimate of drug-likeness (QED) is 0.546. The number of aromatic nitrogens is 2. The lowest BCUT2D eigenvalue weighted by molar-refractivity contribution is -0.122. The average molecular weight is 457 g/mol. The van der Waals surface area contributed by atoms with Gasteiger partial charge in [-0.05, 0) is 43.3 Å². The van der Waals surface area contributed by atoms with Crippen LogP contribution >= 0.6 is 22.9 Å². The molecule has 0 saturated heterocycles. The van der Waals surface area contributed by atoms with Crippen LogP contribution in [0.4, 0.5) is 5.13 Å². The largest absolute Gasteiger partial charge is 0.481 e. The summed E-state index contributed by atoms with van der Waals surface area (Å²) < 4.78 is 5.58. The van der Waals surface area contributed by atoms with Crippen molar-refractivity contribution in [3.05, 3.63) is 69.7 Å². The molecule has 0 spiro atoms. The van der Waals surface area contributed by atoms with E-state index in [0.29, 0.717) is 38.5 Å². The zero-order valence-electron chi connectivity index (χ0n) is 16.4. The maximum atomic E-state index is 12.4. The van der Waals surface area contributed by atoms with E-state index in [2.05, 4.69) is 15.5 Å². The molecule has 1 N–H and O–H groups in total. The fraction of sp³-hybridized carbons (Fsp3) is 0.190. The van der Waals surface area contributed by atoms with Gasteiger partial charge in [0, 0.05) is 18.0 Å². The van der Waals surface area contributed by atoms with E-state index in [0.717, 1.165) is 0 Å². The summed E-state index contributed by atoms with van der Waals surface area (Å²) in [5, 5.41) is 12.1. The van der Waals surface area contributed by atoms with E-state index in [9.17, 15) is 14.4 Å². The van der Waals surface area contributed by atoms with Gasteiger partial charge < -0.3 is 4.74 Å². The molecule has 1 aliphatic heterocycles. The summed E-state index contributed by atoms with van der Waals surface area (Å²) in [5.74, 6) is -0.484. The van der Waals surface area contributed by atoms with Gasteiger partial charge >= 0.3 is 0 Å². The van der Waals surface area contributed by atoms with E-state index in [-0.39, 0.29) is 24.3 Å². The highest BCUT2D eigenvalue weighted by Crippen LogP contribution is 2.24. The van der Waals surface area contributed by atoms with Gasteiger partial charge in [-0.1, -0.05) is 35.1 Å². The van der Waals surface area contributed by atoms with Gasteiger partial charge in [-0.25, -0.2) is 0 Å². The first-order chi connectivity index (χ1) is 14.9. The Kier molecular flexibility index (Phi) is 5.97. The molecular formula is C21H17ClN4O4S. The minimum Gasteiger partial charge on any atom is -0.481 e. The van der Waals surface area contributed by atoms with Crippen LogP contribution in [0.2, 0.25) is 5.02 Å². The molecule has 1 atom stereocenters. The number of carbonyl (C=O) groups is 3. The molecule has 0 bridgehead atoms. The number of anilines is 1. The summed E-state index contributed by atoms with van der Waals surface area (Å²) in [7, 11) is 0. The third kappa shape index (κ3) is 4.57. The highest BCUT2D eigenvalue weighted by Gasteiger charge is 2.34. The van der Waals surface area contributed by atoms with Gasteiger partial charge in [0.15, 0.2) is 6.10 Å². The number of amides is 3. The van der Waals surface area contributed by atoms with Crippen molar-refractivity contribution >= 4 is 45.8 Å². The molecule has 3 amide bonds. The van der Waals surface area contributed by atoms with Crippen molar-refractivity contribution in [1.82, 2.24) is 15.1 Å². The molecule has 1 aromatic heterocycles. The Morgan fingerprint density at radius 2 is 1.74 bits per heavy atom. The predicted molar refractivity (Wildman–Crippen MR) is 116 cm³/mol. The molecule has 8 nitrogen and oxygen atoms in total. The summed E-state index contributed by atoms with van der Waals surface area (Å²) in [6, 6.07) is 13.4. The van der Waals surface area contributed by atoms with Gasteiger partial charge in [0.05, 0.1) is 11.1 Å². The summed E-state index contributed by atoms with van der Waals surface area (Å²) >= 11 is 7.02. The van der Waals surface area contributed by atoms with E-state index in [4.69, 9.17) is 16.3 Å². The van der Waals surface area contributed by atoms with Crippen LogP contribution in [0.25, 0.3) is 0 Å². The summed E-state index contributed by atoms with van der Waals surface area (Å²) in [6.07, 6.45) is -0.414. The smallest absolute Gasteiger partial charge is 0.266 e. The fourth-order valence-corrected chi connectivity index (χ4v) is 3.89. The highest BCUT2D eigenvalue weighted by atomic mass is 35.5. The van der Waals surface area contributed by atoms with Crippen LogP contribution in [0.5, 0.6) is 5.75 Å². The monoisotopic (exact) mass is 456 g/mol. The maximum Gasteiger partial charge on any atom is 0.266 e. The van der Waals surface area contributed by atoms with Crippen LogP contribution in [0.3, 0.4) is 0 Å². The normalized spacial score (nSPS) is 13.8. The van der Waals surface area contributed by atoms with E-state index >= 15 is 0 Å². The number of hydrogen-bond acceptors (Lipinski definition) is 7. The van der Waals surface area contributed by atoms with Crippen LogP contribution in [0, 0.1) is 0 Å². The molecule has 0 saturated carbocycles. The average Bonchev–Trinajstić information content (AvgIpc) is 3.31. The summed E-state index contributed by atoms with van der Waals surface area (Å²) in [4.78, 5) is 38.4. The van der Waals surface area contributed by atoms with E-state index < -0.39 is 6.10 Å². The topological polar surface area (TPSA) is 101 Å². The summed E-state index contributed by atoms with van der Waals surface area (Å²) in [5.41, 5.74) is 0.819. The molecule has 2 heterocycles. The maximum absolute atomic E-state index is 12.4. The third-order valence-electron chi connectivity index (χ3n) is 4.62. The summed E-state index contributed by atoms with van der Waals surface area (Å²) in [6.45, 7) is 1.80. The Balaban J connectivity index is 1.31. The standard InChI is InChI=1S/C21H17ClN4O4S/c1-12(30-14-8-6-13(22)7-9-14)18(27)23-21-25-24-17(31-21)10-11-26-19(28)15-4-2-3-5-16(15)20(26)29/h2-9,12H,10-11H2,1H3,(H,23,25,27). The molecule has 2 aromatic carbocycles. The highest BCUT2D eigenvalue weighted by molar-refractivity contribution is 7.15. The number of rotatable bonds is 7. The molecule has 0 fully saturated rings. The lowest BCUT2D eigenvalue weighted by Gasteiger charge is -2.13. The van der Waals surface area contributed by atoms with Gasteiger partial charge in [-0.2, -0.15) is 0 Å². The minimum absolute atomic E-state index is 0.186. The number of nitrogens with zero attached hydrogens (tertiary/aromatic N) is 3. The molecule has 1 aliphatic rings. The number of fused-ring (bicyclic) bond motifs is 1. The Bertz CT molecular complexity index is 1110. The second-order valence-electron chi connectivity index (χ2n) is 6.76. The number of halogens is 1. The number of hydrogen-bond donors (Lipinski definition) is 1. The second kappa shape index (κ2) is 8.83. The molecule has 0 aliphatic carbocycles. The molecule has 1 unspecified atom stereocenters. The van der Waals surface area contributed by atoms with Crippen molar-refractivity contribution in [2.45, 2.75) is 19.4 Å². The predicted octanol–water partition coefficient (Wildman–Crippen LogP) is 3.44. The van der Waals surface area contributed by atoms with E-state index in [1.807, 2.05) is 0 Å². The first-order valence-corrected chi connectivity index (χ1v) is 10.6. The van der Waals surface area contributed by atoms with Gasteiger partial charge in [-0.3, -0.25) is 24.6 Å². The molecule has 31 heavy (non-hydrogen) atoms. The first kappa shape index (κ1) is 21.0. The van der Waals surface area contributed by atoms with E-state index in [1.165, 1.54) is 16.2 Å². The Morgan fingerprint density at radius 1 is 1.10 bits per heavy atom. The van der Waals surface area contributed by atoms with Crippen LogP contribution in [0.15, 0.2) is 48.5 Å². The van der Waals surface area contributed by atoms with Gasteiger partial charge in [0.2, 0.25) is 5.13 Å². The van der Waals surface area contributed by atoms with Crippen molar-refractivity contribution in [2.24, 2.45) is 0 Å². The molecule has 3 aromatic rings. The number of nitrogens with one attached hydrogen (secondary N) is 1. The lowest BCUT2D eigenvalue weighted by Crippen LogP contribution is -2.31. The zero-order chi connectivity index (χ0) is 22.0. The van der Waals surface area contributed by atoms with Crippen molar-refractivity contribution in [3.8, 4) is 5.75 Å². The zero-order valence-corrected chi connectivity index (χ0v) is 17.9. The van der Waals surface area contributed by atoms with Gasteiger partial charge in [-0.15, -0.1) is 10.2 Å². The first-order valence-electron chi connectivity index (χ1n) is 9.43. The molecule has 158 valence electrons.